The molecule has 40 heavy (non-hydrogen) atoms. The number of hydrogen-bond donors (Lipinski definition) is 0. The Bertz CT molecular complexity index is 911. The summed E-state index contributed by atoms with van der Waals surface area (Å²) in [6.45, 7) is 0. The zero-order chi connectivity index (χ0) is 25.3. The van der Waals surface area contributed by atoms with Crippen molar-refractivity contribution in [1.82, 2.24) is 0 Å². The average Bonchev–Trinajstić information content (AvgIpc) is 2.96. The van der Waals surface area contributed by atoms with Crippen LogP contribution in [0.1, 0.15) is 25.7 Å². The normalized spacial score (nSPS) is 9.70. The first-order valence-corrected chi connectivity index (χ1v) is 17.9. The molecule has 0 N–H and O–H groups in total. The summed E-state index contributed by atoms with van der Waals surface area (Å²) in [7, 11) is -0.358. The molecule has 222 valence electrons. The second-order valence-electron chi connectivity index (χ2n) is 8.38. The Morgan fingerprint density at radius 2 is 0.575 bits per heavy atom. The first-order chi connectivity index (χ1) is 17.8. The van der Waals surface area contributed by atoms with Gasteiger partial charge in [-0.25, -0.2) is 0 Å². The van der Waals surface area contributed by atoms with E-state index in [1.165, 1.54) is 59.2 Å². The van der Waals surface area contributed by atoms with E-state index in [0.29, 0.717) is 0 Å². The van der Waals surface area contributed by atoms with E-state index < -0.39 is 0 Å². The number of benzene rings is 4. The molecule has 0 radical (unpaired) electrons. The van der Waals surface area contributed by atoms with Crippen LogP contribution in [0, 0.1) is 0 Å². The fourth-order valence-electron chi connectivity index (χ4n) is 3.94. The maximum absolute atomic E-state index is 3.27. The fourth-order valence-corrected chi connectivity index (χ4v) is 9.56. The Labute approximate surface area is 291 Å². The standard InChI is InChI=1S/2C16H18P.4ClH.2Pd/c2*1-2-3-14-17(15-10-6-4-7-11-15)16-12-8-5-9-13-16;;;;;;/h2*4-13H,1-3,14H2;4*1H;;/q;;;;;;2*+2/p-4. The van der Waals surface area contributed by atoms with Crippen molar-refractivity contribution >= 4 is 37.1 Å². The molecule has 0 unspecified atom stereocenters. The summed E-state index contributed by atoms with van der Waals surface area (Å²) in [5.74, 6) is 0. The number of rotatable bonds is 12. The van der Waals surface area contributed by atoms with Crippen LogP contribution in [0.3, 0.4) is 0 Å². The molecule has 0 fully saturated rings. The zero-order valence-electron chi connectivity index (χ0n) is 22.2. The molecular formula is C32H36Cl4P2Pd2. The molecule has 0 amide bonds. The van der Waals surface area contributed by atoms with Gasteiger partial charge in [0.1, 0.15) is 0 Å². The Kier molecular flexibility index (Phi) is 28.4. The molecule has 0 aliphatic carbocycles. The van der Waals surface area contributed by atoms with E-state index in [4.69, 9.17) is 0 Å². The fraction of sp³-hybridized carbons (Fsp3) is 0.250. The quantitative estimate of drug-likeness (QED) is 0.0773. The van der Waals surface area contributed by atoms with Gasteiger partial charge in [0, 0.05) is 0 Å². The van der Waals surface area contributed by atoms with Crippen molar-refractivity contribution in [3.63, 3.8) is 0 Å². The van der Waals surface area contributed by atoms with Gasteiger partial charge in [-0.05, 0) is 0 Å². The molecule has 0 spiro atoms. The Hall–Kier alpha value is 0.225. The third kappa shape index (κ3) is 15.6. The molecule has 4 rings (SSSR count). The van der Waals surface area contributed by atoms with Crippen LogP contribution in [0.5, 0.6) is 0 Å². The van der Waals surface area contributed by atoms with Crippen LogP contribution in [0.15, 0.2) is 121 Å². The van der Waals surface area contributed by atoms with Crippen LogP contribution >= 0.6 is 15.8 Å². The van der Waals surface area contributed by atoms with Gasteiger partial charge in [0.25, 0.3) is 0 Å². The van der Waals surface area contributed by atoms with Gasteiger partial charge in [-0.2, -0.15) is 0 Å². The molecule has 4 aromatic rings. The van der Waals surface area contributed by atoms with E-state index in [1.807, 2.05) is 0 Å². The van der Waals surface area contributed by atoms with Gasteiger partial charge in [0.2, 0.25) is 0 Å². The van der Waals surface area contributed by atoms with E-state index in [-0.39, 0.29) is 65.5 Å². The van der Waals surface area contributed by atoms with Gasteiger partial charge in [-0.3, -0.25) is 0 Å². The summed E-state index contributed by atoms with van der Waals surface area (Å²) in [6, 6.07) is 43.8. The van der Waals surface area contributed by atoms with Crippen molar-refractivity contribution in [2.75, 3.05) is 12.3 Å². The molecule has 0 nitrogen and oxygen atoms in total. The Morgan fingerprint density at radius 1 is 0.350 bits per heavy atom. The van der Waals surface area contributed by atoms with Crippen LogP contribution in [-0.4, -0.2) is 12.3 Å². The van der Waals surface area contributed by atoms with E-state index in [9.17, 15) is 0 Å². The van der Waals surface area contributed by atoms with Crippen LogP contribution < -0.4 is 70.8 Å². The molecule has 0 aliphatic rings. The summed E-state index contributed by atoms with van der Waals surface area (Å²) in [4.78, 5) is 2.30. The second kappa shape index (κ2) is 26.8. The third-order valence-corrected chi connectivity index (χ3v) is 12.1. The predicted octanol–water partition coefficient (Wildman–Crippen LogP) is -4.25. The molecule has 0 atom stereocenters. The molecule has 0 saturated carbocycles. The van der Waals surface area contributed by atoms with Crippen molar-refractivity contribution in [3.8, 4) is 0 Å². The Balaban J connectivity index is 0. The van der Waals surface area contributed by atoms with Crippen LogP contribution in [0.25, 0.3) is 0 Å². The molecule has 0 aromatic heterocycles. The summed E-state index contributed by atoms with van der Waals surface area (Å²) in [5, 5.41) is 5.99. The minimum atomic E-state index is -0.179. The van der Waals surface area contributed by atoms with Gasteiger partial charge in [-0.1, -0.05) is 0 Å². The predicted molar refractivity (Wildman–Crippen MR) is 156 cm³/mol. The van der Waals surface area contributed by atoms with Gasteiger partial charge >= 0.3 is 245 Å². The molecule has 4 aromatic carbocycles. The third-order valence-electron chi connectivity index (χ3n) is 5.76. The van der Waals surface area contributed by atoms with E-state index in [2.05, 4.69) is 160 Å². The van der Waals surface area contributed by atoms with E-state index in [0.717, 1.165) is 9.79 Å². The molecule has 0 saturated heterocycles. The van der Waals surface area contributed by atoms with Crippen molar-refractivity contribution in [1.29, 1.82) is 0 Å². The maximum atomic E-state index is 3.27. The summed E-state index contributed by atoms with van der Waals surface area (Å²) >= 11 is 6.54. The van der Waals surface area contributed by atoms with Crippen LogP contribution in [-0.2, 0) is 38.4 Å². The summed E-state index contributed by atoms with van der Waals surface area (Å²) < 4.78 is 0. The minimum absolute atomic E-state index is 0. The van der Waals surface area contributed by atoms with Crippen molar-refractivity contribution in [3.05, 3.63) is 121 Å². The number of hydrogen-bond acceptors (Lipinski definition) is 0. The number of unbranched alkanes of at least 4 members (excludes halogenated alkanes) is 2. The first kappa shape index (κ1) is 42.4. The molecule has 0 bridgehead atoms. The molecule has 0 aliphatic heterocycles. The SMILES string of the molecule is [Cl-].[Cl-].[Cl-].[Cl-].[Pd+2][CH2]CCCP(c1ccccc1)c1ccccc1.[Pd+2][CH2]CCCP(c1ccccc1)c1ccccc1. The molecule has 0 heterocycles. The topological polar surface area (TPSA) is 0 Å². The van der Waals surface area contributed by atoms with Crippen molar-refractivity contribution in [2.45, 2.75) is 35.5 Å². The van der Waals surface area contributed by atoms with Gasteiger partial charge in [0.15, 0.2) is 0 Å². The van der Waals surface area contributed by atoms with E-state index in [1.54, 1.807) is 0 Å². The molecule has 8 heteroatoms. The van der Waals surface area contributed by atoms with Crippen molar-refractivity contribution < 1.29 is 88.0 Å². The van der Waals surface area contributed by atoms with E-state index >= 15 is 0 Å². The monoisotopic (exact) mass is 834 g/mol. The van der Waals surface area contributed by atoms with Crippen LogP contribution in [0.2, 0.25) is 9.79 Å². The summed E-state index contributed by atoms with van der Waals surface area (Å²) in [5.41, 5.74) is 0. The van der Waals surface area contributed by atoms with Crippen LogP contribution in [0.4, 0.5) is 0 Å². The zero-order valence-corrected chi connectivity index (χ0v) is 30.2. The van der Waals surface area contributed by atoms with Gasteiger partial charge in [0.05, 0.1) is 0 Å². The van der Waals surface area contributed by atoms with Crippen molar-refractivity contribution in [2.24, 2.45) is 0 Å². The Morgan fingerprint density at radius 3 is 0.775 bits per heavy atom. The summed E-state index contributed by atoms with van der Waals surface area (Å²) in [6.07, 6.45) is 7.75. The first-order valence-electron chi connectivity index (χ1n) is 12.6. The molecular weight excluding hydrogens is 801 g/mol. The van der Waals surface area contributed by atoms with Gasteiger partial charge < -0.3 is 49.6 Å². The second-order valence-corrected chi connectivity index (χ2v) is 14.6. The van der Waals surface area contributed by atoms with Gasteiger partial charge in [-0.15, -0.1) is 0 Å². The number of halogens is 4. The average molecular weight is 837 g/mol.